The van der Waals surface area contributed by atoms with Gasteiger partial charge in [0.15, 0.2) is 0 Å². The zero-order valence-corrected chi connectivity index (χ0v) is 6.31. The van der Waals surface area contributed by atoms with E-state index in [9.17, 15) is 0 Å². The van der Waals surface area contributed by atoms with Crippen molar-refractivity contribution in [3.8, 4) is 0 Å². The number of hydrogen-bond acceptors (Lipinski definition) is 4. The topological polar surface area (TPSA) is 53.3 Å². The predicted molar refractivity (Wildman–Crippen MR) is 38.5 cm³/mol. The number of nitrogens with two attached hydrogens (primary N) is 1. The molecule has 1 atom stereocenters. The second-order valence-corrected chi connectivity index (χ2v) is 1.86. The zero-order valence-electron chi connectivity index (χ0n) is 6.31. The van der Waals surface area contributed by atoms with Crippen LogP contribution in [0.15, 0.2) is 0 Å². The third-order valence-electron chi connectivity index (χ3n) is 1.12. The molecule has 9 heavy (non-hydrogen) atoms. The van der Waals surface area contributed by atoms with Crippen molar-refractivity contribution in [2.75, 3.05) is 20.6 Å². The minimum absolute atomic E-state index is 0.107. The summed E-state index contributed by atoms with van der Waals surface area (Å²) in [5, 5.41) is 4.71. The Hall–Kier alpha value is -0.160. The summed E-state index contributed by atoms with van der Waals surface area (Å²) in [6, 6.07) is 0. The predicted octanol–water partition coefficient (Wildman–Crippen LogP) is -1.10. The Kier molecular flexibility index (Phi) is 4.61. The van der Waals surface area contributed by atoms with E-state index in [0.29, 0.717) is 0 Å². The highest BCUT2D eigenvalue weighted by atomic mass is 15.6. The standard InChI is InChI=1S/C5H16N4/c1-4-8-9(3)5(6)7-2/h5,7-8H,4,6H2,1-3H3. The molecule has 0 rings (SSSR count). The third-order valence-corrected chi connectivity index (χ3v) is 1.12. The van der Waals surface area contributed by atoms with Gasteiger partial charge in [0, 0.05) is 13.6 Å². The lowest BCUT2D eigenvalue weighted by molar-refractivity contribution is 0.150. The average Bonchev–Trinajstić information content (AvgIpc) is 1.87. The van der Waals surface area contributed by atoms with Crippen LogP contribution in [0.2, 0.25) is 0 Å². The van der Waals surface area contributed by atoms with Crippen molar-refractivity contribution >= 4 is 0 Å². The van der Waals surface area contributed by atoms with Crippen LogP contribution in [-0.2, 0) is 0 Å². The minimum Gasteiger partial charge on any atom is -0.302 e. The van der Waals surface area contributed by atoms with Crippen molar-refractivity contribution in [1.82, 2.24) is 15.8 Å². The highest BCUT2D eigenvalue weighted by Crippen LogP contribution is 1.74. The molecule has 4 heteroatoms. The molecular formula is C5H16N4. The fourth-order valence-corrected chi connectivity index (χ4v) is 0.541. The molecule has 0 radical (unpaired) electrons. The minimum atomic E-state index is -0.107. The molecule has 0 saturated carbocycles. The van der Waals surface area contributed by atoms with Crippen LogP contribution in [0.3, 0.4) is 0 Å². The molecule has 0 aliphatic carbocycles. The Bertz CT molecular complexity index is 66.0. The first kappa shape index (κ1) is 8.84. The van der Waals surface area contributed by atoms with Crippen LogP contribution >= 0.6 is 0 Å². The maximum atomic E-state index is 5.55. The van der Waals surface area contributed by atoms with E-state index in [1.165, 1.54) is 0 Å². The number of nitrogens with one attached hydrogen (secondary N) is 2. The summed E-state index contributed by atoms with van der Waals surface area (Å²) in [6.45, 7) is 2.92. The molecule has 4 N–H and O–H groups in total. The number of hydrogen-bond donors (Lipinski definition) is 3. The summed E-state index contributed by atoms with van der Waals surface area (Å²) in [5.41, 5.74) is 8.60. The Labute approximate surface area is 56.4 Å². The van der Waals surface area contributed by atoms with Crippen LogP contribution in [0.1, 0.15) is 6.92 Å². The molecule has 0 spiro atoms. The van der Waals surface area contributed by atoms with Crippen LogP contribution in [-0.4, -0.2) is 31.9 Å². The van der Waals surface area contributed by atoms with E-state index in [0.717, 1.165) is 6.54 Å². The Morgan fingerprint density at radius 1 is 1.67 bits per heavy atom. The molecule has 0 fully saturated rings. The molecule has 56 valence electrons. The molecule has 0 aromatic rings. The number of hydrazine groups is 1. The fourth-order valence-electron chi connectivity index (χ4n) is 0.541. The molecule has 4 nitrogen and oxygen atoms in total. The molecular weight excluding hydrogens is 116 g/mol. The van der Waals surface area contributed by atoms with Crippen molar-refractivity contribution in [1.29, 1.82) is 0 Å². The summed E-state index contributed by atoms with van der Waals surface area (Å²) >= 11 is 0. The van der Waals surface area contributed by atoms with Crippen molar-refractivity contribution < 1.29 is 0 Å². The molecule has 1 unspecified atom stereocenters. The van der Waals surface area contributed by atoms with Gasteiger partial charge in [-0.05, 0) is 7.05 Å². The zero-order chi connectivity index (χ0) is 7.28. The van der Waals surface area contributed by atoms with Crippen molar-refractivity contribution in [3.05, 3.63) is 0 Å². The molecule has 0 aromatic heterocycles. The van der Waals surface area contributed by atoms with E-state index in [1.807, 2.05) is 26.0 Å². The quantitative estimate of drug-likeness (QED) is 0.336. The largest absolute Gasteiger partial charge is 0.302 e. The lowest BCUT2D eigenvalue weighted by atomic mass is 10.7. The van der Waals surface area contributed by atoms with Crippen LogP contribution in [0.25, 0.3) is 0 Å². The average molecular weight is 132 g/mol. The van der Waals surface area contributed by atoms with E-state index >= 15 is 0 Å². The molecule has 0 amide bonds. The van der Waals surface area contributed by atoms with E-state index in [2.05, 4.69) is 10.7 Å². The van der Waals surface area contributed by atoms with Gasteiger partial charge >= 0.3 is 0 Å². The monoisotopic (exact) mass is 132 g/mol. The lowest BCUT2D eigenvalue weighted by Crippen LogP contribution is -2.54. The summed E-state index contributed by atoms with van der Waals surface area (Å²) < 4.78 is 0. The van der Waals surface area contributed by atoms with Crippen molar-refractivity contribution in [2.45, 2.75) is 13.2 Å². The highest BCUT2D eigenvalue weighted by molar-refractivity contribution is 4.48. The van der Waals surface area contributed by atoms with E-state index in [1.54, 1.807) is 0 Å². The van der Waals surface area contributed by atoms with E-state index in [-0.39, 0.29) is 6.29 Å². The van der Waals surface area contributed by atoms with Gasteiger partial charge in [0.05, 0.1) is 0 Å². The fraction of sp³-hybridized carbons (Fsp3) is 1.00. The maximum absolute atomic E-state index is 5.55. The third kappa shape index (κ3) is 3.42. The van der Waals surface area contributed by atoms with Crippen LogP contribution in [0, 0.1) is 0 Å². The molecule has 0 aliphatic heterocycles. The van der Waals surface area contributed by atoms with Crippen LogP contribution in [0.5, 0.6) is 0 Å². The Morgan fingerprint density at radius 2 is 2.22 bits per heavy atom. The summed E-state index contributed by atoms with van der Waals surface area (Å²) in [6.07, 6.45) is -0.107. The van der Waals surface area contributed by atoms with Crippen LogP contribution < -0.4 is 16.5 Å². The normalized spacial score (nSPS) is 14.3. The van der Waals surface area contributed by atoms with Crippen molar-refractivity contribution in [2.24, 2.45) is 5.73 Å². The molecule has 0 heterocycles. The number of nitrogens with zero attached hydrogens (tertiary/aromatic N) is 1. The molecule has 0 aromatic carbocycles. The number of rotatable bonds is 4. The summed E-state index contributed by atoms with van der Waals surface area (Å²) in [5.74, 6) is 0. The van der Waals surface area contributed by atoms with Gasteiger partial charge in [0.1, 0.15) is 6.29 Å². The van der Waals surface area contributed by atoms with Gasteiger partial charge in [0.2, 0.25) is 0 Å². The SMILES string of the molecule is CCNN(C)C(N)NC. The van der Waals surface area contributed by atoms with Gasteiger partial charge in [0.25, 0.3) is 0 Å². The van der Waals surface area contributed by atoms with Gasteiger partial charge < -0.3 is 5.73 Å². The van der Waals surface area contributed by atoms with Gasteiger partial charge in [-0.15, -0.1) is 0 Å². The first-order chi connectivity index (χ1) is 4.22. The van der Waals surface area contributed by atoms with E-state index in [4.69, 9.17) is 5.73 Å². The van der Waals surface area contributed by atoms with Gasteiger partial charge in [-0.2, -0.15) is 0 Å². The Balaban J connectivity index is 3.32. The summed E-state index contributed by atoms with van der Waals surface area (Å²) in [7, 11) is 3.71. The van der Waals surface area contributed by atoms with Crippen molar-refractivity contribution in [3.63, 3.8) is 0 Å². The maximum Gasteiger partial charge on any atom is 0.124 e. The van der Waals surface area contributed by atoms with Gasteiger partial charge in [-0.1, -0.05) is 6.92 Å². The lowest BCUT2D eigenvalue weighted by Gasteiger charge is -2.23. The second-order valence-electron chi connectivity index (χ2n) is 1.86. The second kappa shape index (κ2) is 4.69. The first-order valence-corrected chi connectivity index (χ1v) is 3.11. The summed E-state index contributed by atoms with van der Waals surface area (Å²) in [4.78, 5) is 0. The molecule has 0 bridgehead atoms. The first-order valence-electron chi connectivity index (χ1n) is 3.11. The van der Waals surface area contributed by atoms with E-state index < -0.39 is 0 Å². The van der Waals surface area contributed by atoms with Gasteiger partial charge in [-0.25, -0.2) is 5.01 Å². The highest BCUT2D eigenvalue weighted by Gasteiger charge is 2.02. The Morgan fingerprint density at radius 3 is 2.56 bits per heavy atom. The molecule has 0 aliphatic rings. The smallest absolute Gasteiger partial charge is 0.124 e. The molecule has 0 saturated heterocycles. The van der Waals surface area contributed by atoms with Gasteiger partial charge in [-0.3, -0.25) is 10.7 Å². The van der Waals surface area contributed by atoms with Crippen LogP contribution in [0.4, 0.5) is 0 Å².